The molecular weight excluding hydrogens is 286 g/mol. The third-order valence-electron chi connectivity index (χ3n) is 3.69. The Kier molecular flexibility index (Phi) is 3.45. The molecule has 1 heterocycles. The van der Waals surface area contributed by atoms with Crippen molar-refractivity contribution in [3.8, 4) is 11.1 Å². The van der Waals surface area contributed by atoms with Gasteiger partial charge in [0.2, 0.25) is 0 Å². The maximum atomic E-state index is 3.45. The fraction of sp³-hybridized carbons (Fsp3) is 0. The normalized spacial score (nSPS) is 10.9. The molecule has 1 N–H and O–H groups in total. The number of hydrogen-bond acceptors (Lipinski definition) is 1. The fourth-order valence-corrected chi connectivity index (χ4v) is 3.45. The summed E-state index contributed by atoms with van der Waals surface area (Å²) in [5, 5.41) is 2.43. The van der Waals surface area contributed by atoms with E-state index < -0.39 is 0 Å². The summed E-state index contributed by atoms with van der Waals surface area (Å²) in [6.45, 7) is 0. The van der Waals surface area contributed by atoms with E-state index in [9.17, 15) is 0 Å². The Labute approximate surface area is 134 Å². The quantitative estimate of drug-likeness (QED) is 0.491. The van der Waals surface area contributed by atoms with Crippen LogP contribution in [-0.2, 0) is 0 Å². The molecule has 4 rings (SSSR count). The standard InChI is InChI=1S/C20H15NS/c1-2-6-15(7-3-1)16-10-12-18(13-11-16)22-20-14-17-8-4-5-9-19(17)21-20/h1-14,21H. The number of rotatable bonds is 3. The predicted molar refractivity (Wildman–Crippen MR) is 94.3 cm³/mol. The zero-order valence-electron chi connectivity index (χ0n) is 12.0. The summed E-state index contributed by atoms with van der Waals surface area (Å²) in [6, 6.07) is 29.8. The monoisotopic (exact) mass is 301 g/mol. The number of para-hydroxylation sites is 1. The first-order valence-electron chi connectivity index (χ1n) is 7.29. The molecule has 2 heteroatoms. The van der Waals surface area contributed by atoms with Crippen LogP contribution in [0.5, 0.6) is 0 Å². The van der Waals surface area contributed by atoms with E-state index in [4.69, 9.17) is 0 Å². The van der Waals surface area contributed by atoms with Crippen LogP contribution in [0.2, 0.25) is 0 Å². The summed E-state index contributed by atoms with van der Waals surface area (Å²) < 4.78 is 0. The van der Waals surface area contributed by atoms with Crippen molar-refractivity contribution >= 4 is 22.7 Å². The number of H-pyrrole nitrogens is 1. The van der Waals surface area contributed by atoms with Gasteiger partial charge in [-0.15, -0.1) is 0 Å². The Morgan fingerprint density at radius 3 is 2.09 bits per heavy atom. The third-order valence-corrected chi connectivity index (χ3v) is 4.64. The molecule has 1 nitrogen and oxygen atoms in total. The molecule has 1 aromatic heterocycles. The first-order chi connectivity index (χ1) is 10.9. The Balaban J connectivity index is 1.58. The molecular formula is C20H15NS. The highest BCUT2D eigenvalue weighted by Crippen LogP contribution is 2.31. The van der Waals surface area contributed by atoms with E-state index in [1.807, 2.05) is 6.07 Å². The summed E-state index contributed by atoms with van der Waals surface area (Å²) in [5.41, 5.74) is 3.69. The van der Waals surface area contributed by atoms with Gasteiger partial charge in [-0.25, -0.2) is 0 Å². The molecule has 4 aromatic rings. The van der Waals surface area contributed by atoms with Crippen LogP contribution in [0.15, 0.2) is 94.9 Å². The van der Waals surface area contributed by atoms with E-state index in [-0.39, 0.29) is 0 Å². The average molecular weight is 301 g/mol. The van der Waals surface area contributed by atoms with E-state index >= 15 is 0 Å². The zero-order chi connectivity index (χ0) is 14.8. The molecule has 0 bridgehead atoms. The highest BCUT2D eigenvalue weighted by Gasteiger charge is 2.03. The summed E-state index contributed by atoms with van der Waals surface area (Å²) >= 11 is 1.76. The SMILES string of the molecule is c1ccc(-c2ccc(Sc3cc4ccccc4[nH]3)cc2)cc1. The number of benzene rings is 3. The maximum absolute atomic E-state index is 3.45. The van der Waals surface area contributed by atoms with Crippen molar-refractivity contribution in [3.05, 3.63) is 84.9 Å². The lowest BCUT2D eigenvalue weighted by Crippen LogP contribution is -1.78. The molecule has 0 fully saturated rings. The summed E-state index contributed by atoms with van der Waals surface area (Å²) in [4.78, 5) is 4.70. The zero-order valence-corrected chi connectivity index (χ0v) is 12.8. The summed E-state index contributed by atoms with van der Waals surface area (Å²) in [6.07, 6.45) is 0. The minimum absolute atomic E-state index is 1.17. The second-order valence-electron chi connectivity index (χ2n) is 5.21. The maximum Gasteiger partial charge on any atom is 0.0780 e. The number of fused-ring (bicyclic) bond motifs is 1. The van der Waals surface area contributed by atoms with E-state index in [0.717, 1.165) is 0 Å². The fourth-order valence-electron chi connectivity index (χ4n) is 2.57. The predicted octanol–water partition coefficient (Wildman–Crippen LogP) is 5.99. The van der Waals surface area contributed by atoms with Gasteiger partial charge in [0.25, 0.3) is 0 Å². The highest BCUT2D eigenvalue weighted by atomic mass is 32.2. The number of aromatic nitrogens is 1. The van der Waals surface area contributed by atoms with Crippen LogP contribution >= 0.6 is 11.8 Å². The average Bonchev–Trinajstić information content (AvgIpc) is 2.98. The van der Waals surface area contributed by atoms with E-state index in [0.29, 0.717) is 0 Å². The number of hydrogen-bond donors (Lipinski definition) is 1. The molecule has 0 atom stereocenters. The molecule has 0 spiro atoms. The smallest absolute Gasteiger partial charge is 0.0780 e. The molecule has 0 amide bonds. The minimum Gasteiger partial charge on any atom is -0.349 e. The van der Waals surface area contributed by atoms with Crippen molar-refractivity contribution in [3.63, 3.8) is 0 Å². The van der Waals surface area contributed by atoms with Crippen molar-refractivity contribution < 1.29 is 0 Å². The van der Waals surface area contributed by atoms with Crippen molar-refractivity contribution in [2.45, 2.75) is 9.92 Å². The summed E-state index contributed by atoms with van der Waals surface area (Å²) in [5.74, 6) is 0. The van der Waals surface area contributed by atoms with Crippen LogP contribution in [0.25, 0.3) is 22.0 Å². The molecule has 22 heavy (non-hydrogen) atoms. The Morgan fingerprint density at radius 1 is 0.636 bits per heavy atom. The van der Waals surface area contributed by atoms with E-state index in [2.05, 4.69) is 83.8 Å². The minimum atomic E-state index is 1.17. The van der Waals surface area contributed by atoms with Crippen molar-refractivity contribution in [2.24, 2.45) is 0 Å². The lowest BCUT2D eigenvalue weighted by molar-refractivity contribution is 1.23. The second kappa shape index (κ2) is 5.74. The van der Waals surface area contributed by atoms with Gasteiger partial charge in [-0.2, -0.15) is 0 Å². The first-order valence-corrected chi connectivity index (χ1v) is 8.11. The van der Waals surface area contributed by atoms with E-state index in [1.165, 1.54) is 32.0 Å². The van der Waals surface area contributed by atoms with Crippen LogP contribution in [0.3, 0.4) is 0 Å². The van der Waals surface area contributed by atoms with Gasteiger partial charge in [-0.05, 0) is 35.4 Å². The molecule has 0 saturated carbocycles. The second-order valence-corrected chi connectivity index (χ2v) is 6.33. The van der Waals surface area contributed by atoms with Gasteiger partial charge in [0.15, 0.2) is 0 Å². The van der Waals surface area contributed by atoms with Gasteiger partial charge in [0, 0.05) is 15.8 Å². The van der Waals surface area contributed by atoms with Crippen LogP contribution in [0, 0.1) is 0 Å². The molecule has 0 aliphatic rings. The lowest BCUT2D eigenvalue weighted by atomic mass is 10.1. The van der Waals surface area contributed by atoms with Gasteiger partial charge >= 0.3 is 0 Å². The van der Waals surface area contributed by atoms with Crippen molar-refractivity contribution in [1.82, 2.24) is 4.98 Å². The topological polar surface area (TPSA) is 15.8 Å². The Hall–Kier alpha value is -2.45. The molecule has 0 aliphatic carbocycles. The first kappa shape index (κ1) is 13.2. The van der Waals surface area contributed by atoms with E-state index in [1.54, 1.807) is 11.8 Å². The largest absolute Gasteiger partial charge is 0.349 e. The van der Waals surface area contributed by atoms with Crippen molar-refractivity contribution in [2.75, 3.05) is 0 Å². The van der Waals surface area contributed by atoms with Crippen LogP contribution in [0.4, 0.5) is 0 Å². The molecule has 0 unspecified atom stereocenters. The molecule has 0 aliphatic heterocycles. The van der Waals surface area contributed by atoms with Gasteiger partial charge in [0.05, 0.1) is 5.03 Å². The van der Waals surface area contributed by atoms with Crippen LogP contribution < -0.4 is 0 Å². The van der Waals surface area contributed by atoms with Crippen LogP contribution in [0.1, 0.15) is 0 Å². The number of aromatic amines is 1. The van der Waals surface area contributed by atoms with Gasteiger partial charge < -0.3 is 4.98 Å². The number of nitrogens with one attached hydrogen (secondary N) is 1. The van der Waals surface area contributed by atoms with Crippen molar-refractivity contribution in [1.29, 1.82) is 0 Å². The van der Waals surface area contributed by atoms with Gasteiger partial charge in [-0.3, -0.25) is 0 Å². The summed E-state index contributed by atoms with van der Waals surface area (Å²) in [7, 11) is 0. The highest BCUT2D eigenvalue weighted by molar-refractivity contribution is 7.99. The molecule has 0 radical (unpaired) electrons. The van der Waals surface area contributed by atoms with Gasteiger partial charge in [-0.1, -0.05) is 72.4 Å². The van der Waals surface area contributed by atoms with Crippen LogP contribution in [-0.4, -0.2) is 4.98 Å². The Morgan fingerprint density at radius 2 is 1.32 bits per heavy atom. The third kappa shape index (κ3) is 2.66. The molecule has 3 aromatic carbocycles. The molecule has 106 valence electrons. The molecule has 0 saturated heterocycles. The Bertz CT molecular complexity index is 859. The van der Waals surface area contributed by atoms with Gasteiger partial charge in [0.1, 0.15) is 0 Å². The lowest BCUT2D eigenvalue weighted by Gasteiger charge is -2.03.